The van der Waals surface area contributed by atoms with Crippen LogP contribution in [-0.2, 0) is 0 Å². The van der Waals surface area contributed by atoms with Crippen LogP contribution in [0.2, 0.25) is 0 Å². The summed E-state index contributed by atoms with van der Waals surface area (Å²) in [5.41, 5.74) is 12.0. The summed E-state index contributed by atoms with van der Waals surface area (Å²) >= 11 is 0. The van der Waals surface area contributed by atoms with E-state index >= 15 is 0 Å². The molecule has 0 amide bonds. The van der Waals surface area contributed by atoms with Gasteiger partial charge < -0.3 is 5.73 Å². The van der Waals surface area contributed by atoms with Gasteiger partial charge in [0.1, 0.15) is 5.82 Å². The van der Waals surface area contributed by atoms with Crippen molar-refractivity contribution in [2.75, 3.05) is 5.73 Å². The van der Waals surface area contributed by atoms with E-state index in [9.17, 15) is 0 Å². The van der Waals surface area contributed by atoms with Gasteiger partial charge in [0.2, 0.25) is 0 Å². The Hall–Kier alpha value is -2.17. The lowest BCUT2D eigenvalue weighted by atomic mass is 9.72. The van der Waals surface area contributed by atoms with Gasteiger partial charge in [0.25, 0.3) is 5.95 Å². The van der Waals surface area contributed by atoms with Crippen LogP contribution < -0.4 is 5.73 Å². The minimum absolute atomic E-state index is 0.347. The number of anilines is 1. The van der Waals surface area contributed by atoms with Crippen molar-refractivity contribution in [2.45, 2.75) is 60.8 Å². The van der Waals surface area contributed by atoms with Crippen molar-refractivity contribution in [2.24, 2.45) is 11.3 Å². The van der Waals surface area contributed by atoms with E-state index in [1.54, 1.807) is 4.68 Å². The number of allylic oxidation sites excluding steroid dienone is 2. The molecule has 0 fully saturated rings. The van der Waals surface area contributed by atoms with Gasteiger partial charge in [-0.2, -0.15) is 9.78 Å². The third-order valence-electron chi connectivity index (χ3n) is 5.21. The summed E-state index contributed by atoms with van der Waals surface area (Å²) in [6, 6.07) is 1.95. The highest BCUT2D eigenvalue weighted by Crippen LogP contribution is 2.41. The number of aryl methyl sites for hydroxylation is 3. The van der Waals surface area contributed by atoms with E-state index in [1.807, 2.05) is 26.8 Å². The molecular weight excluding hydrogens is 310 g/mol. The fourth-order valence-electron chi connectivity index (χ4n) is 3.74. The number of nitrogens with two attached hydrogens (primary N) is 1. The summed E-state index contributed by atoms with van der Waals surface area (Å²) in [5.74, 6) is 1.91. The first kappa shape index (κ1) is 17.6. The van der Waals surface area contributed by atoms with Gasteiger partial charge in [-0.3, -0.25) is 0 Å². The molecule has 0 aliphatic heterocycles. The summed E-state index contributed by atoms with van der Waals surface area (Å²) in [5, 5.41) is 4.63. The molecule has 0 radical (unpaired) electrons. The molecule has 2 aromatic heterocycles. The van der Waals surface area contributed by atoms with Crippen LogP contribution in [0.5, 0.6) is 0 Å². The molecule has 1 aliphatic rings. The first-order chi connectivity index (χ1) is 11.7. The second-order valence-electron chi connectivity index (χ2n) is 8.27. The zero-order valence-electron chi connectivity index (χ0n) is 16.2. The Balaban J connectivity index is 1.97. The topological polar surface area (TPSA) is 69.6 Å². The lowest BCUT2D eigenvalue weighted by Crippen LogP contribution is -2.22. The third kappa shape index (κ3) is 3.46. The number of nitrogen functional groups attached to an aromatic ring is 1. The summed E-state index contributed by atoms with van der Waals surface area (Å²) < 4.78 is 1.68. The molecule has 5 heteroatoms. The number of hydrogen-bond acceptors (Lipinski definition) is 4. The van der Waals surface area contributed by atoms with Gasteiger partial charge in [-0.25, -0.2) is 9.97 Å². The number of nitrogens with zero attached hydrogens (tertiary/aromatic N) is 4. The van der Waals surface area contributed by atoms with Crippen molar-refractivity contribution >= 4 is 11.4 Å². The quantitative estimate of drug-likeness (QED) is 0.880. The molecule has 0 unspecified atom stereocenters. The Bertz CT molecular complexity index is 803. The minimum Gasteiger partial charge on any atom is -0.383 e. The van der Waals surface area contributed by atoms with Crippen molar-refractivity contribution in [3.05, 3.63) is 34.8 Å². The maximum atomic E-state index is 6.47. The lowest BCUT2D eigenvalue weighted by Gasteiger charge is -2.33. The van der Waals surface area contributed by atoms with Crippen molar-refractivity contribution in [3.63, 3.8) is 0 Å². The summed E-state index contributed by atoms with van der Waals surface area (Å²) in [7, 11) is 0. The predicted molar refractivity (Wildman–Crippen MR) is 103 cm³/mol. The fraction of sp³-hybridized carbons (Fsp3) is 0.550. The van der Waals surface area contributed by atoms with Crippen molar-refractivity contribution in [1.29, 1.82) is 0 Å². The van der Waals surface area contributed by atoms with Gasteiger partial charge in [-0.15, -0.1) is 0 Å². The smallest absolute Gasteiger partial charge is 0.252 e. The second-order valence-corrected chi connectivity index (χ2v) is 8.27. The van der Waals surface area contributed by atoms with E-state index < -0.39 is 0 Å². The number of aromatic nitrogens is 4. The molecule has 2 aromatic rings. The van der Waals surface area contributed by atoms with E-state index in [1.165, 1.54) is 12.0 Å². The molecule has 25 heavy (non-hydrogen) atoms. The Labute approximate surface area is 150 Å². The Morgan fingerprint density at radius 1 is 1.12 bits per heavy atom. The maximum Gasteiger partial charge on any atom is 0.252 e. The van der Waals surface area contributed by atoms with E-state index in [4.69, 9.17) is 5.73 Å². The van der Waals surface area contributed by atoms with Gasteiger partial charge in [0.05, 0.1) is 5.69 Å². The van der Waals surface area contributed by atoms with Crippen LogP contribution >= 0.6 is 0 Å². The molecule has 0 saturated heterocycles. The zero-order valence-corrected chi connectivity index (χ0v) is 16.2. The predicted octanol–water partition coefficient (Wildman–Crippen LogP) is 4.40. The highest BCUT2D eigenvalue weighted by molar-refractivity contribution is 5.76. The van der Waals surface area contributed by atoms with Crippen LogP contribution in [-0.4, -0.2) is 19.7 Å². The SMILES string of the molecule is Cc1cc(C)nc(-n2nc(C)c(C3=CC[C@H](C(C)(C)C)CC3)c2N)n1. The van der Waals surface area contributed by atoms with Crippen LogP contribution in [0.3, 0.4) is 0 Å². The van der Waals surface area contributed by atoms with E-state index in [2.05, 4.69) is 41.9 Å². The molecule has 0 saturated carbocycles. The molecule has 5 nitrogen and oxygen atoms in total. The van der Waals surface area contributed by atoms with Gasteiger partial charge in [-0.1, -0.05) is 26.8 Å². The molecule has 2 heterocycles. The molecule has 0 bridgehead atoms. The van der Waals surface area contributed by atoms with Crippen molar-refractivity contribution < 1.29 is 0 Å². The Kier molecular flexibility index (Phi) is 4.43. The lowest BCUT2D eigenvalue weighted by molar-refractivity contribution is 0.225. The van der Waals surface area contributed by atoms with Crippen LogP contribution in [0.25, 0.3) is 11.5 Å². The van der Waals surface area contributed by atoms with Crippen molar-refractivity contribution in [3.8, 4) is 5.95 Å². The average molecular weight is 339 g/mol. The second kappa shape index (κ2) is 6.28. The minimum atomic E-state index is 0.347. The van der Waals surface area contributed by atoms with Gasteiger partial charge >= 0.3 is 0 Å². The molecule has 134 valence electrons. The van der Waals surface area contributed by atoms with Gasteiger partial charge in [0, 0.05) is 17.0 Å². The maximum absolute atomic E-state index is 6.47. The summed E-state index contributed by atoms with van der Waals surface area (Å²) in [6.07, 6.45) is 5.70. The molecule has 1 aliphatic carbocycles. The molecule has 0 aromatic carbocycles. The normalized spacial score (nSPS) is 18.3. The van der Waals surface area contributed by atoms with Gasteiger partial charge in [0.15, 0.2) is 0 Å². The van der Waals surface area contributed by atoms with Crippen LogP contribution in [0.1, 0.15) is 62.7 Å². The number of rotatable bonds is 2. The average Bonchev–Trinajstić information content (AvgIpc) is 2.80. The molecule has 2 N–H and O–H groups in total. The number of hydrogen-bond donors (Lipinski definition) is 1. The molecule has 1 atom stereocenters. The molecule has 3 rings (SSSR count). The largest absolute Gasteiger partial charge is 0.383 e. The first-order valence-electron chi connectivity index (χ1n) is 9.04. The molecule has 0 spiro atoms. The zero-order chi connectivity index (χ0) is 18.4. The summed E-state index contributed by atoms with van der Waals surface area (Å²) in [4.78, 5) is 9.00. The van der Waals surface area contributed by atoms with E-state index in [0.29, 0.717) is 17.2 Å². The highest BCUT2D eigenvalue weighted by atomic mass is 15.4. The highest BCUT2D eigenvalue weighted by Gasteiger charge is 2.28. The van der Waals surface area contributed by atoms with Crippen LogP contribution in [0.15, 0.2) is 12.1 Å². The fourth-order valence-corrected chi connectivity index (χ4v) is 3.74. The molecular formula is C20H29N5. The van der Waals surface area contributed by atoms with Gasteiger partial charge in [-0.05, 0) is 63.0 Å². The van der Waals surface area contributed by atoms with E-state index in [-0.39, 0.29) is 0 Å². The Morgan fingerprint density at radius 3 is 2.28 bits per heavy atom. The van der Waals surface area contributed by atoms with E-state index in [0.717, 1.165) is 41.4 Å². The summed E-state index contributed by atoms with van der Waals surface area (Å²) in [6.45, 7) is 12.9. The first-order valence-corrected chi connectivity index (χ1v) is 9.04. The van der Waals surface area contributed by atoms with Crippen LogP contribution in [0.4, 0.5) is 5.82 Å². The Morgan fingerprint density at radius 2 is 1.76 bits per heavy atom. The van der Waals surface area contributed by atoms with Crippen molar-refractivity contribution in [1.82, 2.24) is 19.7 Å². The van der Waals surface area contributed by atoms with Crippen LogP contribution in [0, 0.1) is 32.1 Å². The third-order valence-corrected chi connectivity index (χ3v) is 5.21. The standard InChI is InChI=1S/C20H29N5/c1-12-11-13(2)23-19(22-12)25-18(21)17(14(3)24-25)15-7-9-16(10-8-15)20(4,5)6/h7,11,16H,8-10,21H2,1-6H3/t16-/m0/s1. The monoisotopic (exact) mass is 339 g/mol.